The molecule has 26 heavy (non-hydrogen) atoms. The molecule has 1 N–H and O–H groups in total. The van der Waals surface area contributed by atoms with Crippen molar-refractivity contribution < 1.29 is 4.79 Å². The van der Waals surface area contributed by atoms with Gasteiger partial charge in [0.1, 0.15) is 0 Å². The maximum Gasteiger partial charge on any atom is 0.230 e. The number of thioether (sulfide) groups is 1. The van der Waals surface area contributed by atoms with Crippen molar-refractivity contribution >= 4 is 44.9 Å². The van der Waals surface area contributed by atoms with Crippen LogP contribution < -0.4 is 10.2 Å². The first-order valence-electron chi connectivity index (χ1n) is 8.77. The summed E-state index contributed by atoms with van der Waals surface area (Å²) in [4.78, 5) is 19.0. The minimum absolute atomic E-state index is 0.0455. The number of anilines is 1. The first-order valence-corrected chi connectivity index (χ1v) is 10.6. The number of fused-ring (bicyclic) bond motifs is 2. The highest BCUT2D eigenvalue weighted by Gasteiger charge is 2.14. The molecule has 2 aromatic carbocycles. The third-order valence-corrected chi connectivity index (χ3v) is 6.76. The van der Waals surface area contributed by atoms with Crippen LogP contribution in [-0.2, 0) is 17.8 Å². The molecule has 0 radical (unpaired) electrons. The van der Waals surface area contributed by atoms with Crippen molar-refractivity contribution in [1.29, 1.82) is 0 Å². The number of hydrogen-bond acceptors (Lipinski definition) is 5. The highest BCUT2D eigenvalue weighted by Crippen LogP contribution is 2.29. The van der Waals surface area contributed by atoms with Crippen molar-refractivity contribution in [3.05, 3.63) is 53.6 Å². The Labute approximate surface area is 161 Å². The number of hydrogen-bond donors (Lipinski definition) is 1. The molecule has 0 saturated heterocycles. The van der Waals surface area contributed by atoms with Gasteiger partial charge in [0.05, 0.1) is 16.0 Å². The van der Waals surface area contributed by atoms with E-state index >= 15 is 0 Å². The average Bonchev–Trinajstić information content (AvgIpc) is 3.08. The molecule has 0 unspecified atom stereocenters. The Balaban J connectivity index is 1.31. The molecule has 0 spiro atoms. The lowest BCUT2D eigenvalue weighted by Gasteiger charge is -2.27. The fourth-order valence-corrected chi connectivity index (χ4v) is 5.14. The minimum Gasteiger partial charge on any atom is -0.374 e. The largest absolute Gasteiger partial charge is 0.374 e. The van der Waals surface area contributed by atoms with Crippen LogP contribution in [0, 0.1) is 0 Å². The van der Waals surface area contributed by atoms with E-state index in [1.807, 2.05) is 18.2 Å². The third kappa shape index (κ3) is 3.86. The van der Waals surface area contributed by atoms with Crippen LogP contribution in [0.4, 0.5) is 5.69 Å². The van der Waals surface area contributed by atoms with Crippen LogP contribution >= 0.6 is 23.1 Å². The highest BCUT2D eigenvalue weighted by molar-refractivity contribution is 8.01. The molecular formula is C20H21N3OS2. The number of thiazole rings is 1. The molecular weight excluding hydrogens is 362 g/mol. The van der Waals surface area contributed by atoms with E-state index in [1.165, 1.54) is 29.4 Å². The molecule has 1 amide bonds. The van der Waals surface area contributed by atoms with Crippen LogP contribution in [0.15, 0.2) is 46.8 Å². The number of aromatic nitrogens is 1. The average molecular weight is 384 g/mol. The molecule has 0 bridgehead atoms. The van der Waals surface area contributed by atoms with Gasteiger partial charge in [-0.3, -0.25) is 4.79 Å². The van der Waals surface area contributed by atoms with Gasteiger partial charge in [-0.25, -0.2) is 4.98 Å². The van der Waals surface area contributed by atoms with E-state index in [4.69, 9.17) is 0 Å². The van der Waals surface area contributed by atoms with Crippen molar-refractivity contribution in [3.63, 3.8) is 0 Å². The quantitative estimate of drug-likeness (QED) is 0.674. The van der Waals surface area contributed by atoms with E-state index < -0.39 is 0 Å². The van der Waals surface area contributed by atoms with Crippen LogP contribution in [-0.4, -0.2) is 30.2 Å². The van der Waals surface area contributed by atoms with Crippen LogP contribution in [0.25, 0.3) is 10.2 Å². The summed E-state index contributed by atoms with van der Waals surface area (Å²) in [6.45, 7) is 1.70. The molecule has 0 saturated carbocycles. The number of nitrogens with zero attached hydrogens (tertiary/aromatic N) is 2. The lowest BCUT2D eigenvalue weighted by Crippen LogP contribution is -2.26. The summed E-state index contributed by atoms with van der Waals surface area (Å²) in [6.07, 6.45) is 2.31. The normalized spacial score (nSPS) is 13.7. The van der Waals surface area contributed by atoms with E-state index in [9.17, 15) is 4.79 Å². The lowest BCUT2D eigenvalue weighted by molar-refractivity contribution is -0.118. The minimum atomic E-state index is 0.0455. The van der Waals surface area contributed by atoms with Crippen molar-refractivity contribution in [3.8, 4) is 0 Å². The number of nitrogens with one attached hydrogen (secondary N) is 1. The van der Waals surface area contributed by atoms with Crippen LogP contribution in [0.1, 0.15) is 17.5 Å². The second-order valence-corrected chi connectivity index (χ2v) is 8.75. The third-order valence-electron chi connectivity index (χ3n) is 4.59. The maximum absolute atomic E-state index is 12.2. The fraction of sp³-hybridized carbons (Fsp3) is 0.300. The van der Waals surface area contributed by atoms with Crippen molar-refractivity contribution in [2.24, 2.45) is 0 Å². The number of benzene rings is 2. The molecule has 1 aliphatic rings. The second-order valence-electron chi connectivity index (χ2n) is 6.50. The predicted molar refractivity (Wildman–Crippen MR) is 110 cm³/mol. The molecule has 0 fully saturated rings. The Morgan fingerprint density at radius 1 is 1.31 bits per heavy atom. The lowest BCUT2D eigenvalue weighted by atomic mass is 9.99. The summed E-state index contributed by atoms with van der Waals surface area (Å²) in [5.74, 6) is 0.442. The Morgan fingerprint density at radius 2 is 2.19 bits per heavy atom. The Kier molecular flexibility index (Phi) is 5.13. The smallest absolute Gasteiger partial charge is 0.230 e. The van der Waals surface area contributed by atoms with Crippen LogP contribution in [0.2, 0.25) is 0 Å². The maximum atomic E-state index is 12.2. The Bertz CT molecular complexity index is 905. The number of carbonyl (C=O) groups excluding carboxylic acids is 1. The van der Waals surface area contributed by atoms with Gasteiger partial charge in [0.15, 0.2) is 4.34 Å². The van der Waals surface area contributed by atoms with Gasteiger partial charge in [0, 0.05) is 25.8 Å². The molecule has 4 nitrogen and oxygen atoms in total. The van der Waals surface area contributed by atoms with Gasteiger partial charge in [-0.15, -0.1) is 11.3 Å². The zero-order valence-corrected chi connectivity index (χ0v) is 16.3. The molecule has 6 heteroatoms. The molecule has 0 aliphatic carbocycles. The summed E-state index contributed by atoms with van der Waals surface area (Å²) in [6, 6.07) is 14.6. The Morgan fingerprint density at radius 3 is 3.08 bits per heavy atom. The zero-order chi connectivity index (χ0) is 17.9. The van der Waals surface area contributed by atoms with E-state index in [0.717, 1.165) is 33.1 Å². The first kappa shape index (κ1) is 17.4. The van der Waals surface area contributed by atoms with Gasteiger partial charge in [0.2, 0.25) is 5.91 Å². The van der Waals surface area contributed by atoms with Gasteiger partial charge < -0.3 is 10.2 Å². The molecule has 3 aromatic rings. The Hall–Kier alpha value is -2.05. The highest BCUT2D eigenvalue weighted by atomic mass is 32.2. The number of rotatable bonds is 5. The standard InChI is InChI=1S/C20H21N3OS2/c1-23-10-4-5-15-11-14(8-9-17(15)23)12-21-19(24)13-25-20-22-16-6-2-3-7-18(16)26-20/h2-3,6-9,11H,4-5,10,12-13H2,1H3,(H,21,24). The van der Waals surface area contributed by atoms with Crippen molar-refractivity contribution in [2.45, 2.75) is 23.7 Å². The first-order chi connectivity index (χ1) is 12.7. The number of carbonyl (C=O) groups is 1. The summed E-state index contributed by atoms with van der Waals surface area (Å²) in [7, 11) is 2.14. The molecule has 0 atom stereocenters. The van der Waals surface area contributed by atoms with E-state index in [2.05, 4.69) is 46.5 Å². The van der Waals surface area contributed by atoms with Crippen molar-refractivity contribution in [1.82, 2.24) is 10.3 Å². The number of amides is 1. The topological polar surface area (TPSA) is 45.2 Å². The van der Waals surface area contributed by atoms with Crippen LogP contribution in [0.5, 0.6) is 0 Å². The van der Waals surface area contributed by atoms with Crippen LogP contribution in [0.3, 0.4) is 0 Å². The fourth-order valence-electron chi connectivity index (χ4n) is 3.24. The summed E-state index contributed by atoms with van der Waals surface area (Å²) < 4.78 is 2.10. The molecule has 134 valence electrons. The van der Waals surface area contributed by atoms with Gasteiger partial charge in [-0.2, -0.15) is 0 Å². The summed E-state index contributed by atoms with van der Waals surface area (Å²) in [5.41, 5.74) is 4.86. The zero-order valence-electron chi connectivity index (χ0n) is 14.7. The molecule has 1 aliphatic heterocycles. The van der Waals surface area contributed by atoms with E-state index in [-0.39, 0.29) is 5.91 Å². The predicted octanol–water partition coefficient (Wildman–Crippen LogP) is 4.09. The second kappa shape index (κ2) is 7.68. The van der Waals surface area contributed by atoms with Gasteiger partial charge in [0.25, 0.3) is 0 Å². The van der Waals surface area contributed by atoms with Gasteiger partial charge in [-0.1, -0.05) is 36.0 Å². The molecule has 2 heterocycles. The van der Waals surface area contributed by atoms with Gasteiger partial charge >= 0.3 is 0 Å². The summed E-state index contributed by atoms with van der Waals surface area (Å²) >= 11 is 3.14. The monoisotopic (exact) mass is 383 g/mol. The van der Waals surface area contributed by atoms with E-state index in [0.29, 0.717) is 12.3 Å². The molecule has 1 aromatic heterocycles. The summed E-state index contributed by atoms with van der Waals surface area (Å²) in [5, 5.41) is 3.02. The number of para-hydroxylation sites is 1. The SMILES string of the molecule is CN1CCCc2cc(CNC(=O)CSc3nc4ccccc4s3)ccc21. The van der Waals surface area contributed by atoms with Crippen molar-refractivity contribution in [2.75, 3.05) is 24.2 Å². The number of aryl methyl sites for hydroxylation is 1. The van der Waals surface area contributed by atoms with E-state index in [1.54, 1.807) is 11.3 Å². The molecule has 4 rings (SSSR count). The van der Waals surface area contributed by atoms with Gasteiger partial charge in [-0.05, 0) is 42.2 Å².